The van der Waals surface area contributed by atoms with Gasteiger partial charge in [-0.15, -0.1) is 0 Å². The van der Waals surface area contributed by atoms with Crippen molar-refractivity contribution in [3.63, 3.8) is 0 Å². The van der Waals surface area contributed by atoms with Gasteiger partial charge in [0.25, 0.3) is 23.8 Å². The highest BCUT2D eigenvalue weighted by Gasteiger charge is 2.61. The zero-order valence-corrected chi connectivity index (χ0v) is 24.9. The molecule has 43 heavy (non-hydrogen) atoms. The van der Waals surface area contributed by atoms with Crippen LogP contribution in [0.5, 0.6) is 0 Å². The molecule has 1 aromatic carbocycles. The predicted octanol–water partition coefficient (Wildman–Crippen LogP) is 2.28. The van der Waals surface area contributed by atoms with Crippen molar-refractivity contribution in [3.8, 4) is 11.3 Å². The van der Waals surface area contributed by atoms with Crippen LogP contribution in [-0.2, 0) is 33.1 Å². The Morgan fingerprint density at radius 1 is 1.00 bits per heavy atom. The number of nitrogens with one attached hydrogen (secondary N) is 1. The van der Waals surface area contributed by atoms with Crippen molar-refractivity contribution in [1.82, 2.24) is 15.2 Å². The second-order valence-electron chi connectivity index (χ2n) is 11.9. The maximum atomic E-state index is 13.7. The van der Waals surface area contributed by atoms with E-state index in [1.54, 1.807) is 12.1 Å². The maximum Gasteiger partial charge on any atom is 0.499 e. The normalized spacial score (nSPS) is 23.4. The molecule has 2 N–H and O–H groups in total. The summed E-state index contributed by atoms with van der Waals surface area (Å²) in [5.41, 5.74) is -0.428. The monoisotopic (exact) mass is 594 g/mol. The number of carbonyl (C=O) groups is 5. The Morgan fingerprint density at radius 2 is 1.63 bits per heavy atom. The van der Waals surface area contributed by atoms with Crippen LogP contribution >= 0.6 is 0 Å². The lowest BCUT2D eigenvalue weighted by Crippen LogP contribution is -2.70. The third-order valence-electron chi connectivity index (χ3n) is 7.62. The van der Waals surface area contributed by atoms with E-state index in [-0.39, 0.29) is 18.0 Å². The smallest absolute Gasteiger partial charge is 0.499 e. The standard InChI is InChI=1S/C30H37BN3O9/c1-18(2)14-21(31-41-25(37)16-30(43-31,17-26(38)42-31)29(40)34(4)5)15-24(36)27(19(3)35)33-28(39)23-13-9-12-22(32-23)20-10-7-6-8-11-20/h6-13,18-19,21,27,35H,14-17H2,1-5H3,(H,33,39)/q-1/t19-,21?,27+,30?,31?/m1/s1. The minimum absolute atomic E-state index is 0.0408. The minimum atomic E-state index is -3.22. The Kier molecular flexibility index (Phi) is 9.36. The van der Waals surface area contributed by atoms with Crippen LogP contribution in [0.2, 0.25) is 5.82 Å². The summed E-state index contributed by atoms with van der Waals surface area (Å²) in [6.45, 7) is 1.85. The molecule has 2 bridgehead atoms. The van der Waals surface area contributed by atoms with E-state index in [2.05, 4.69) is 10.3 Å². The fourth-order valence-corrected chi connectivity index (χ4v) is 5.75. The molecular weight excluding hydrogens is 557 g/mol. The van der Waals surface area contributed by atoms with Crippen molar-refractivity contribution in [3.05, 3.63) is 54.2 Å². The molecule has 2 aromatic rings. The molecule has 12 nitrogen and oxygen atoms in total. The number of hydrogen-bond acceptors (Lipinski definition) is 10. The molecule has 2 fully saturated rings. The lowest BCUT2D eigenvalue weighted by Gasteiger charge is -2.58. The van der Waals surface area contributed by atoms with Gasteiger partial charge in [-0.05, 0) is 31.4 Å². The third kappa shape index (κ3) is 6.94. The summed E-state index contributed by atoms with van der Waals surface area (Å²) >= 11 is 0. The molecular formula is C30H37BN3O9-. The van der Waals surface area contributed by atoms with Gasteiger partial charge >= 0.3 is 6.75 Å². The SMILES string of the molecule is CC(C)CC(CC(=O)[C@@H](NC(=O)c1cccc(-c2ccccc2)n1)[C@@H](C)O)[B-]12OC(=O)CC(C(=O)N(C)C)(CC(=O)O1)O2. The number of rotatable bonds is 11. The average Bonchev–Trinajstić information content (AvgIpc) is 2.94. The van der Waals surface area contributed by atoms with E-state index in [0.29, 0.717) is 5.69 Å². The quantitative estimate of drug-likeness (QED) is 0.369. The molecule has 0 saturated carbocycles. The van der Waals surface area contributed by atoms with Crippen molar-refractivity contribution >= 4 is 36.3 Å². The van der Waals surface area contributed by atoms with E-state index in [4.69, 9.17) is 14.0 Å². The molecule has 0 radical (unpaired) electrons. The minimum Gasteiger partial charge on any atom is -0.633 e. The fraction of sp³-hybridized carbons (Fsp3) is 0.467. The Morgan fingerprint density at radius 3 is 2.19 bits per heavy atom. The summed E-state index contributed by atoms with van der Waals surface area (Å²) in [5, 5.41) is 13.1. The molecule has 3 atom stereocenters. The van der Waals surface area contributed by atoms with Gasteiger partial charge in [0.2, 0.25) is 0 Å². The zero-order chi connectivity index (χ0) is 31.5. The van der Waals surface area contributed by atoms with Gasteiger partial charge in [-0.1, -0.05) is 62.5 Å². The van der Waals surface area contributed by atoms with Crippen LogP contribution in [0.25, 0.3) is 11.3 Å². The number of aromatic nitrogens is 1. The van der Waals surface area contributed by atoms with Crippen LogP contribution in [0, 0.1) is 5.92 Å². The summed E-state index contributed by atoms with van der Waals surface area (Å²) in [6, 6.07) is 12.8. The predicted molar refractivity (Wildman–Crippen MR) is 155 cm³/mol. The first-order chi connectivity index (χ1) is 20.2. The lowest BCUT2D eigenvalue weighted by molar-refractivity contribution is -0.189. The Labute approximate surface area is 250 Å². The molecule has 13 heteroatoms. The highest BCUT2D eigenvalue weighted by atomic mass is 16.8. The van der Waals surface area contributed by atoms with Gasteiger partial charge in [0.05, 0.1) is 24.6 Å². The van der Waals surface area contributed by atoms with Gasteiger partial charge in [0.15, 0.2) is 5.78 Å². The van der Waals surface area contributed by atoms with E-state index in [1.807, 2.05) is 44.2 Å². The van der Waals surface area contributed by atoms with Crippen molar-refractivity contribution in [2.45, 2.75) is 70.0 Å². The van der Waals surface area contributed by atoms with Crippen LogP contribution in [0.4, 0.5) is 0 Å². The summed E-state index contributed by atoms with van der Waals surface area (Å²) in [6.07, 6.45) is -2.45. The molecule has 2 saturated heterocycles. The number of aliphatic hydroxyl groups is 1. The molecule has 3 heterocycles. The molecule has 2 aliphatic heterocycles. The second kappa shape index (κ2) is 12.6. The largest absolute Gasteiger partial charge is 0.633 e. The number of pyridine rings is 1. The number of carbonyl (C=O) groups excluding carboxylic acids is 5. The third-order valence-corrected chi connectivity index (χ3v) is 7.62. The molecule has 1 unspecified atom stereocenters. The van der Waals surface area contributed by atoms with Gasteiger partial charge < -0.3 is 29.3 Å². The molecule has 2 aliphatic rings. The fourth-order valence-electron chi connectivity index (χ4n) is 5.75. The number of Topliss-reactive ketones (excluding diaryl/α,β-unsaturated/α-hetero) is 1. The molecule has 230 valence electrons. The van der Waals surface area contributed by atoms with Crippen LogP contribution in [-0.4, -0.2) is 83.1 Å². The highest BCUT2D eigenvalue weighted by molar-refractivity contribution is 6.67. The van der Waals surface area contributed by atoms with Crippen LogP contribution < -0.4 is 5.32 Å². The average molecular weight is 594 g/mol. The summed E-state index contributed by atoms with van der Waals surface area (Å²) in [5.74, 6) is -4.54. The number of aliphatic hydroxyl groups excluding tert-OH is 1. The molecule has 1 aromatic heterocycles. The second-order valence-corrected chi connectivity index (χ2v) is 11.9. The van der Waals surface area contributed by atoms with Gasteiger partial charge in [-0.2, -0.15) is 0 Å². The first-order valence-electron chi connectivity index (χ1n) is 14.3. The lowest BCUT2D eigenvalue weighted by atomic mass is 9.55. The van der Waals surface area contributed by atoms with E-state index in [1.165, 1.54) is 32.0 Å². The number of amides is 2. The molecule has 0 aliphatic carbocycles. The Balaban J connectivity index is 1.60. The molecule has 0 spiro atoms. The Bertz CT molecular complexity index is 1380. The number of likely N-dealkylation sites (N-methyl/N-ethyl adjacent to an activating group) is 1. The number of nitrogens with zero attached hydrogens (tertiary/aromatic N) is 2. The van der Waals surface area contributed by atoms with Crippen molar-refractivity contribution in [1.29, 1.82) is 0 Å². The molecule has 4 rings (SSSR count). The first kappa shape index (κ1) is 31.8. The van der Waals surface area contributed by atoms with Crippen LogP contribution in [0.3, 0.4) is 0 Å². The van der Waals surface area contributed by atoms with E-state index < -0.39 is 79.1 Å². The Hall–Kier alpha value is -4.10. The summed E-state index contributed by atoms with van der Waals surface area (Å²) in [4.78, 5) is 71.4. The topological polar surface area (TPSA) is 161 Å². The maximum absolute atomic E-state index is 13.7. The van der Waals surface area contributed by atoms with E-state index in [0.717, 1.165) is 5.56 Å². The van der Waals surface area contributed by atoms with Gasteiger partial charge in [-0.25, -0.2) is 4.98 Å². The first-order valence-corrected chi connectivity index (χ1v) is 14.3. The van der Waals surface area contributed by atoms with Gasteiger partial charge in [0, 0.05) is 19.7 Å². The number of hydrogen-bond donors (Lipinski definition) is 2. The number of fused-ring (bicyclic) bond motifs is 2. The zero-order valence-electron chi connectivity index (χ0n) is 24.9. The van der Waals surface area contributed by atoms with Crippen molar-refractivity contribution < 1.29 is 43.0 Å². The number of benzene rings is 1. The van der Waals surface area contributed by atoms with Gasteiger partial charge in [0.1, 0.15) is 17.3 Å². The van der Waals surface area contributed by atoms with E-state index in [9.17, 15) is 29.1 Å². The van der Waals surface area contributed by atoms with E-state index >= 15 is 0 Å². The summed E-state index contributed by atoms with van der Waals surface area (Å²) < 4.78 is 17.3. The summed E-state index contributed by atoms with van der Waals surface area (Å²) in [7, 11) is 2.95. The van der Waals surface area contributed by atoms with Crippen LogP contribution in [0.1, 0.15) is 56.9 Å². The highest BCUT2D eigenvalue weighted by Crippen LogP contribution is 2.47. The van der Waals surface area contributed by atoms with Gasteiger partial charge in [-0.3, -0.25) is 24.0 Å². The van der Waals surface area contributed by atoms with Crippen molar-refractivity contribution in [2.24, 2.45) is 5.92 Å². The van der Waals surface area contributed by atoms with Crippen molar-refractivity contribution in [2.75, 3.05) is 14.1 Å². The van der Waals surface area contributed by atoms with Crippen LogP contribution in [0.15, 0.2) is 48.5 Å². The number of ketones is 1. The molecule has 2 amide bonds.